The quantitative estimate of drug-likeness (QED) is 0.556. The fraction of sp³-hybridized carbons (Fsp3) is 0.429. The monoisotopic (exact) mass is 156 g/mol. The second-order valence-electron chi connectivity index (χ2n) is 2.30. The number of aryl methyl sites for hydroxylation is 1. The average Bonchev–Trinajstić information content (AvgIpc) is 2.22. The molecule has 0 bridgehead atoms. The lowest BCUT2D eigenvalue weighted by Gasteiger charge is -1.81. The first-order valence-corrected chi connectivity index (χ1v) is 4.99. The smallest absolute Gasteiger partial charge is 0.0285 e. The second-order valence-corrected chi connectivity index (χ2v) is 4.62. The number of rotatable bonds is 0. The summed E-state index contributed by atoms with van der Waals surface area (Å²) < 4.78 is 0. The van der Waals surface area contributed by atoms with Crippen LogP contribution < -0.4 is 0 Å². The topological polar surface area (TPSA) is 0 Å². The van der Waals surface area contributed by atoms with Crippen LogP contribution in [0.2, 0.25) is 0 Å². The van der Waals surface area contributed by atoms with E-state index in [9.17, 15) is 0 Å². The minimum Gasteiger partial charge on any atom is -0.152 e. The summed E-state index contributed by atoms with van der Waals surface area (Å²) in [4.78, 5) is 3.08. The van der Waals surface area contributed by atoms with Crippen molar-refractivity contribution in [3.8, 4) is 0 Å². The molecule has 48 valence electrons. The molecule has 0 N–H and O–H groups in total. The molecular formula is C7H8S2. The standard InChI is InChI=1S/C7H8S2/c1-5-2-6-3-8-4-7(6)9-5/h2H,3-4H2,1H3. The Balaban J connectivity index is 2.51. The Morgan fingerprint density at radius 2 is 2.33 bits per heavy atom. The Labute approximate surface area is 63.3 Å². The number of hydrogen-bond donors (Lipinski definition) is 0. The van der Waals surface area contributed by atoms with E-state index in [0.29, 0.717) is 0 Å². The van der Waals surface area contributed by atoms with Crippen molar-refractivity contribution < 1.29 is 0 Å². The van der Waals surface area contributed by atoms with Crippen LogP contribution in [-0.4, -0.2) is 0 Å². The lowest BCUT2D eigenvalue weighted by atomic mass is 10.3. The van der Waals surface area contributed by atoms with Crippen LogP contribution in [0, 0.1) is 6.92 Å². The first kappa shape index (κ1) is 5.81. The molecule has 0 unspecified atom stereocenters. The Morgan fingerprint density at radius 1 is 1.44 bits per heavy atom. The largest absolute Gasteiger partial charge is 0.152 e. The van der Waals surface area contributed by atoms with Gasteiger partial charge in [0.1, 0.15) is 0 Å². The van der Waals surface area contributed by atoms with Gasteiger partial charge in [-0.2, -0.15) is 11.8 Å². The van der Waals surface area contributed by atoms with E-state index in [1.54, 1.807) is 10.4 Å². The molecule has 0 aliphatic carbocycles. The summed E-state index contributed by atoms with van der Waals surface area (Å²) in [6.07, 6.45) is 0. The predicted octanol–water partition coefficient (Wildman–Crippen LogP) is 2.80. The molecule has 1 aromatic rings. The summed E-state index contributed by atoms with van der Waals surface area (Å²) in [5.74, 6) is 2.51. The highest BCUT2D eigenvalue weighted by Crippen LogP contribution is 2.35. The van der Waals surface area contributed by atoms with E-state index in [-0.39, 0.29) is 0 Å². The van der Waals surface area contributed by atoms with Crippen LogP contribution >= 0.6 is 23.1 Å². The van der Waals surface area contributed by atoms with Crippen LogP contribution in [0.15, 0.2) is 6.07 Å². The minimum absolute atomic E-state index is 1.25. The fourth-order valence-electron chi connectivity index (χ4n) is 1.11. The molecule has 0 radical (unpaired) electrons. The van der Waals surface area contributed by atoms with Gasteiger partial charge in [-0.05, 0) is 18.6 Å². The maximum absolute atomic E-state index is 2.32. The number of thiophene rings is 1. The summed E-state index contributed by atoms with van der Waals surface area (Å²) in [5.41, 5.74) is 1.59. The van der Waals surface area contributed by atoms with Gasteiger partial charge in [-0.1, -0.05) is 0 Å². The highest BCUT2D eigenvalue weighted by atomic mass is 32.2. The number of fused-ring (bicyclic) bond motifs is 1. The van der Waals surface area contributed by atoms with E-state index in [4.69, 9.17) is 0 Å². The van der Waals surface area contributed by atoms with Gasteiger partial charge in [-0.15, -0.1) is 11.3 Å². The van der Waals surface area contributed by atoms with Gasteiger partial charge in [0.25, 0.3) is 0 Å². The van der Waals surface area contributed by atoms with Crippen LogP contribution in [0.25, 0.3) is 0 Å². The lowest BCUT2D eigenvalue weighted by Crippen LogP contribution is -1.65. The van der Waals surface area contributed by atoms with Crippen LogP contribution in [0.1, 0.15) is 15.3 Å². The summed E-state index contributed by atoms with van der Waals surface area (Å²) in [6.45, 7) is 2.19. The lowest BCUT2D eigenvalue weighted by molar-refractivity contribution is 1.43. The van der Waals surface area contributed by atoms with E-state index >= 15 is 0 Å². The summed E-state index contributed by atoms with van der Waals surface area (Å²) in [5, 5.41) is 0. The van der Waals surface area contributed by atoms with Crippen molar-refractivity contribution in [2.75, 3.05) is 0 Å². The van der Waals surface area contributed by atoms with Crippen LogP contribution in [0.4, 0.5) is 0 Å². The zero-order valence-corrected chi connectivity index (χ0v) is 6.94. The fourth-order valence-corrected chi connectivity index (χ4v) is 3.49. The van der Waals surface area contributed by atoms with E-state index in [1.165, 1.54) is 16.4 Å². The minimum atomic E-state index is 1.25. The van der Waals surface area contributed by atoms with E-state index in [2.05, 4.69) is 13.0 Å². The third kappa shape index (κ3) is 0.904. The van der Waals surface area contributed by atoms with Crippen molar-refractivity contribution in [2.45, 2.75) is 18.4 Å². The van der Waals surface area contributed by atoms with E-state index in [0.717, 1.165) is 0 Å². The van der Waals surface area contributed by atoms with Gasteiger partial charge in [0.2, 0.25) is 0 Å². The third-order valence-electron chi connectivity index (χ3n) is 1.51. The summed E-state index contributed by atoms with van der Waals surface area (Å²) in [6, 6.07) is 2.32. The zero-order valence-electron chi connectivity index (χ0n) is 5.31. The number of hydrogen-bond acceptors (Lipinski definition) is 2. The number of thioether (sulfide) groups is 1. The highest BCUT2D eigenvalue weighted by molar-refractivity contribution is 7.98. The van der Waals surface area contributed by atoms with Gasteiger partial charge in [-0.25, -0.2) is 0 Å². The molecule has 0 spiro atoms. The molecular weight excluding hydrogens is 148 g/mol. The Bertz CT molecular complexity index is 203. The van der Waals surface area contributed by atoms with Gasteiger partial charge in [0, 0.05) is 21.3 Å². The van der Waals surface area contributed by atoms with Crippen molar-refractivity contribution in [2.24, 2.45) is 0 Å². The second kappa shape index (κ2) is 2.03. The highest BCUT2D eigenvalue weighted by Gasteiger charge is 2.12. The summed E-state index contributed by atoms with van der Waals surface area (Å²) in [7, 11) is 0. The molecule has 1 aliphatic heterocycles. The third-order valence-corrected chi connectivity index (χ3v) is 3.79. The molecule has 0 saturated heterocycles. The Hall–Kier alpha value is 0.0500. The van der Waals surface area contributed by atoms with Crippen molar-refractivity contribution in [1.29, 1.82) is 0 Å². The molecule has 0 nitrogen and oxygen atoms in total. The van der Waals surface area contributed by atoms with Gasteiger partial charge in [0.15, 0.2) is 0 Å². The predicted molar refractivity (Wildman–Crippen MR) is 44.1 cm³/mol. The van der Waals surface area contributed by atoms with Crippen LogP contribution in [-0.2, 0) is 11.5 Å². The van der Waals surface area contributed by atoms with Crippen LogP contribution in [0.5, 0.6) is 0 Å². The molecule has 2 heteroatoms. The average molecular weight is 156 g/mol. The van der Waals surface area contributed by atoms with Gasteiger partial charge < -0.3 is 0 Å². The van der Waals surface area contributed by atoms with Crippen molar-refractivity contribution in [3.05, 3.63) is 21.4 Å². The van der Waals surface area contributed by atoms with Crippen molar-refractivity contribution in [3.63, 3.8) is 0 Å². The Kier molecular flexibility index (Phi) is 1.31. The molecule has 1 aromatic heterocycles. The molecule has 2 rings (SSSR count). The molecule has 0 aromatic carbocycles. The first-order valence-electron chi connectivity index (χ1n) is 3.02. The molecule has 0 saturated carbocycles. The van der Waals surface area contributed by atoms with Crippen molar-refractivity contribution in [1.82, 2.24) is 0 Å². The molecule has 0 atom stereocenters. The van der Waals surface area contributed by atoms with Crippen molar-refractivity contribution >= 4 is 23.1 Å². The molecule has 0 amide bonds. The maximum atomic E-state index is 2.32. The van der Waals surface area contributed by atoms with Gasteiger partial charge >= 0.3 is 0 Å². The molecule has 0 fully saturated rings. The first-order chi connectivity index (χ1) is 4.36. The van der Waals surface area contributed by atoms with E-state index in [1.807, 2.05) is 23.1 Å². The van der Waals surface area contributed by atoms with Gasteiger partial charge in [0.05, 0.1) is 0 Å². The van der Waals surface area contributed by atoms with E-state index < -0.39 is 0 Å². The Morgan fingerprint density at radius 3 is 3.11 bits per heavy atom. The van der Waals surface area contributed by atoms with Gasteiger partial charge in [-0.3, -0.25) is 0 Å². The molecule has 1 aliphatic rings. The van der Waals surface area contributed by atoms with Crippen LogP contribution in [0.3, 0.4) is 0 Å². The SMILES string of the molecule is Cc1cc2c(s1)CSC2. The molecule has 2 heterocycles. The maximum Gasteiger partial charge on any atom is 0.0285 e. The summed E-state index contributed by atoms with van der Waals surface area (Å²) >= 11 is 3.98. The normalized spacial score (nSPS) is 16.1. The zero-order chi connectivity index (χ0) is 6.27. The molecule has 9 heavy (non-hydrogen) atoms.